The van der Waals surface area contributed by atoms with Crippen LogP contribution in [0.1, 0.15) is 12.8 Å². The Morgan fingerprint density at radius 2 is 2.16 bits per heavy atom. The fraction of sp³-hybridized carbons (Fsp3) is 0.296. The number of nitrogens with zero attached hydrogens (tertiary/aromatic N) is 3. The van der Waals surface area contributed by atoms with E-state index in [1.165, 1.54) is 17.4 Å². The molecule has 1 saturated heterocycles. The first-order chi connectivity index (χ1) is 17.9. The highest BCUT2D eigenvalue weighted by atomic mass is 35.5. The van der Waals surface area contributed by atoms with Gasteiger partial charge in [-0.3, -0.25) is 4.79 Å². The minimum atomic E-state index is -0.456. The molecule has 1 atom stereocenters. The van der Waals surface area contributed by atoms with Crippen molar-refractivity contribution in [3.8, 4) is 17.1 Å². The van der Waals surface area contributed by atoms with Crippen LogP contribution < -0.4 is 15.4 Å². The van der Waals surface area contributed by atoms with E-state index in [4.69, 9.17) is 16.3 Å². The lowest BCUT2D eigenvalue weighted by molar-refractivity contribution is -0.116. The number of hydrogen-bond donors (Lipinski definition) is 2. The molecule has 1 aliphatic heterocycles. The molecule has 192 valence electrons. The van der Waals surface area contributed by atoms with Crippen LogP contribution in [-0.4, -0.2) is 60.1 Å². The first-order valence-corrected chi connectivity index (χ1v) is 13.3. The highest BCUT2D eigenvalue weighted by Crippen LogP contribution is 2.39. The molecule has 0 saturated carbocycles. The Morgan fingerprint density at radius 1 is 1.30 bits per heavy atom. The molecule has 0 aliphatic carbocycles. The van der Waals surface area contributed by atoms with Crippen molar-refractivity contribution in [3.63, 3.8) is 0 Å². The number of fused-ring (bicyclic) bond motifs is 2. The number of carbonyl (C=O) groups is 1. The summed E-state index contributed by atoms with van der Waals surface area (Å²) in [4.78, 5) is 22.8. The van der Waals surface area contributed by atoms with Gasteiger partial charge in [0.25, 0.3) is 0 Å². The normalized spacial score (nSPS) is 15.8. The van der Waals surface area contributed by atoms with Crippen molar-refractivity contribution in [1.82, 2.24) is 20.2 Å². The monoisotopic (exact) mass is 539 g/mol. The maximum atomic E-state index is 16.1. The van der Waals surface area contributed by atoms with Crippen LogP contribution in [0.25, 0.3) is 32.1 Å². The van der Waals surface area contributed by atoms with E-state index in [9.17, 15) is 4.79 Å². The lowest BCUT2D eigenvalue weighted by atomic mass is 10.0. The largest absolute Gasteiger partial charge is 0.462 e. The number of benzene rings is 2. The fourth-order valence-corrected chi connectivity index (χ4v) is 5.85. The maximum Gasteiger partial charge on any atom is 0.319 e. The van der Waals surface area contributed by atoms with Gasteiger partial charge >= 0.3 is 6.01 Å². The number of thiophene rings is 1. The van der Waals surface area contributed by atoms with Gasteiger partial charge in [0.1, 0.15) is 17.9 Å². The Morgan fingerprint density at radius 3 is 2.95 bits per heavy atom. The number of likely N-dealkylation sites (N-methyl/N-ethyl adjacent to an activating group) is 1. The first-order valence-electron chi connectivity index (χ1n) is 12.1. The van der Waals surface area contributed by atoms with E-state index >= 15 is 4.39 Å². The number of ether oxygens (including phenoxy) is 1. The van der Waals surface area contributed by atoms with Gasteiger partial charge in [0, 0.05) is 40.3 Å². The van der Waals surface area contributed by atoms with Gasteiger partial charge in [-0.25, -0.2) is 4.39 Å². The molecule has 2 aromatic carbocycles. The highest BCUT2D eigenvalue weighted by Gasteiger charge is 2.23. The second-order valence-corrected chi connectivity index (χ2v) is 10.6. The molecule has 5 rings (SSSR count). The van der Waals surface area contributed by atoms with Crippen LogP contribution in [0.5, 0.6) is 6.01 Å². The van der Waals surface area contributed by atoms with E-state index in [1.807, 2.05) is 24.3 Å². The minimum Gasteiger partial charge on any atom is -0.462 e. The third-order valence-electron chi connectivity index (χ3n) is 6.57. The van der Waals surface area contributed by atoms with E-state index in [2.05, 4.69) is 39.1 Å². The number of hydrogen-bond acceptors (Lipinski definition) is 7. The Kier molecular flexibility index (Phi) is 7.55. The van der Waals surface area contributed by atoms with Gasteiger partial charge in [-0.2, -0.15) is 9.97 Å². The summed E-state index contributed by atoms with van der Waals surface area (Å²) in [5.74, 6) is -0.282. The van der Waals surface area contributed by atoms with Crippen molar-refractivity contribution in [1.29, 1.82) is 0 Å². The molecule has 0 unspecified atom stereocenters. The molecule has 7 nitrogen and oxygen atoms in total. The van der Waals surface area contributed by atoms with Gasteiger partial charge in [-0.15, -0.1) is 11.3 Å². The summed E-state index contributed by atoms with van der Waals surface area (Å²) in [6.07, 6.45) is 3.36. The first kappa shape index (κ1) is 25.4. The van der Waals surface area contributed by atoms with Crippen molar-refractivity contribution >= 4 is 55.7 Å². The lowest BCUT2D eigenvalue weighted by Crippen LogP contribution is -2.31. The Hall–Kier alpha value is -3.27. The quantitative estimate of drug-likeness (QED) is 0.216. The molecule has 4 aromatic rings. The number of likely N-dealkylation sites (tertiary alicyclic amines) is 1. The molecule has 1 amide bonds. The number of rotatable bonds is 9. The van der Waals surface area contributed by atoms with Crippen LogP contribution in [0.15, 0.2) is 49.1 Å². The summed E-state index contributed by atoms with van der Waals surface area (Å²) in [6.45, 7) is 5.62. The van der Waals surface area contributed by atoms with E-state index in [1.54, 1.807) is 12.1 Å². The molecular formula is C27H27ClFN5O2S. The summed E-state index contributed by atoms with van der Waals surface area (Å²) >= 11 is 7.67. The third kappa shape index (κ3) is 5.39. The summed E-state index contributed by atoms with van der Waals surface area (Å²) < 4.78 is 23.7. The summed E-state index contributed by atoms with van der Waals surface area (Å²) in [7, 11) is 2.07. The zero-order valence-corrected chi connectivity index (χ0v) is 22.0. The van der Waals surface area contributed by atoms with Crippen LogP contribution in [0.3, 0.4) is 0 Å². The van der Waals surface area contributed by atoms with Crippen molar-refractivity contribution < 1.29 is 13.9 Å². The second-order valence-electron chi connectivity index (χ2n) is 8.96. The summed E-state index contributed by atoms with van der Waals surface area (Å²) in [5, 5.41) is 7.39. The van der Waals surface area contributed by atoms with Crippen LogP contribution in [0, 0.1) is 5.82 Å². The molecule has 3 heterocycles. The SMILES string of the molecule is C=CC(=O)NCCNc1nc(OC[C@@H]2CCCN2C)nc2c(F)c(-c3cccc4cc(Cl)sc34)ccc12. The van der Waals surface area contributed by atoms with Crippen LogP contribution in [0.2, 0.25) is 4.34 Å². The Labute approximate surface area is 223 Å². The minimum absolute atomic E-state index is 0.110. The molecule has 1 aliphatic rings. The number of carbonyl (C=O) groups excluding carboxylic acids is 1. The lowest BCUT2D eigenvalue weighted by Gasteiger charge is -2.19. The Bertz CT molecular complexity index is 1480. The van der Waals surface area contributed by atoms with Gasteiger partial charge in [-0.1, -0.05) is 42.4 Å². The van der Waals surface area contributed by atoms with Crippen LogP contribution in [-0.2, 0) is 4.79 Å². The van der Waals surface area contributed by atoms with E-state index in [0.717, 1.165) is 35.0 Å². The van der Waals surface area contributed by atoms with E-state index in [0.29, 0.717) is 40.8 Å². The van der Waals surface area contributed by atoms with Crippen molar-refractivity contribution in [3.05, 3.63) is 59.2 Å². The molecule has 37 heavy (non-hydrogen) atoms. The fourth-order valence-electron chi connectivity index (χ4n) is 4.59. The van der Waals surface area contributed by atoms with Crippen molar-refractivity contribution in [2.45, 2.75) is 18.9 Å². The predicted molar refractivity (Wildman–Crippen MR) is 148 cm³/mol. The number of aromatic nitrogens is 2. The maximum absolute atomic E-state index is 16.1. The zero-order valence-electron chi connectivity index (χ0n) is 20.4. The average molecular weight is 540 g/mol. The average Bonchev–Trinajstić information content (AvgIpc) is 3.49. The molecule has 0 radical (unpaired) electrons. The molecule has 1 fully saturated rings. The highest BCUT2D eigenvalue weighted by molar-refractivity contribution is 7.23. The van der Waals surface area contributed by atoms with E-state index in [-0.39, 0.29) is 23.5 Å². The third-order valence-corrected chi connectivity index (χ3v) is 7.88. The summed E-state index contributed by atoms with van der Waals surface area (Å²) in [5.41, 5.74) is 1.35. The number of nitrogens with one attached hydrogen (secondary N) is 2. The van der Waals surface area contributed by atoms with Crippen LogP contribution >= 0.6 is 22.9 Å². The molecule has 0 spiro atoms. The topological polar surface area (TPSA) is 79.4 Å². The van der Waals surface area contributed by atoms with Gasteiger partial charge in [0.2, 0.25) is 5.91 Å². The van der Waals surface area contributed by atoms with Crippen LogP contribution in [0.4, 0.5) is 10.2 Å². The van der Waals surface area contributed by atoms with Crippen molar-refractivity contribution in [2.24, 2.45) is 0 Å². The zero-order chi connectivity index (χ0) is 25.9. The summed E-state index contributed by atoms with van der Waals surface area (Å²) in [6, 6.07) is 11.5. The predicted octanol–water partition coefficient (Wildman–Crippen LogP) is 5.49. The van der Waals surface area contributed by atoms with Gasteiger partial charge < -0.3 is 20.3 Å². The number of halogens is 2. The van der Waals surface area contributed by atoms with Gasteiger partial charge in [-0.05, 0) is 50.0 Å². The molecule has 2 aromatic heterocycles. The van der Waals surface area contributed by atoms with E-state index < -0.39 is 5.82 Å². The smallest absolute Gasteiger partial charge is 0.319 e. The van der Waals surface area contributed by atoms with Gasteiger partial charge in [0.15, 0.2) is 5.82 Å². The van der Waals surface area contributed by atoms with Gasteiger partial charge in [0.05, 0.1) is 4.34 Å². The molecule has 10 heteroatoms. The Balaban J connectivity index is 1.52. The standard InChI is InChI=1S/C27H27ClFN5O2S/c1-3-22(35)30-11-12-31-26-20-10-9-18(19-8-4-6-16-14-21(28)37-25(16)19)23(29)24(20)32-27(33-26)36-15-17-7-5-13-34(17)2/h3-4,6,8-10,14,17H,1,5,7,11-13,15H2,2H3,(H,30,35)(H,31,32,33)/t17-/m0/s1. The number of anilines is 1. The number of amides is 1. The molecule has 2 N–H and O–H groups in total. The molecule has 0 bridgehead atoms. The van der Waals surface area contributed by atoms with Crippen molar-refractivity contribution in [2.75, 3.05) is 38.6 Å². The molecular weight excluding hydrogens is 513 g/mol. The second kappa shape index (κ2) is 11.0.